The van der Waals surface area contributed by atoms with Crippen LogP contribution in [0.5, 0.6) is 0 Å². The molecule has 15 heavy (non-hydrogen) atoms. The topological polar surface area (TPSA) is 41.1 Å². The third-order valence-corrected chi connectivity index (χ3v) is 3.91. The Labute approximate surface area is 107 Å². The van der Waals surface area contributed by atoms with Crippen molar-refractivity contribution in [2.24, 2.45) is 5.92 Å². The van der Waals surface area contributed by atoms with Crippen LogP contribution in [0.25, 0.3) is 0 Å². The Morgan fingerprint density at radius 2 is 2.40 bits per heavy atom. The zero-order chi connectivity index (χ0) is 9.97. The van der Waals surface area contributed by atoms with E-state index in [1.807, 2.05) is 11.4 Å². The molecule has 0 atom stereocenters. The number of rotatable bonds is 3. The van der Waals surface area contributed by atoms with Gasteiger partial charge < -0.3 is 10.6 Å². The highest BCUT2D eigenvalue weighted by molar-refractivity contribution is 9.10. The lowest BCUT2D eigenvalue weighted by Gasteiger charge is -2.25. The van der Waals surface area contributed by atoms with Gasteiger partial charge in [-0.3, -0.25) is 4.79 Å². The molecule has 1 aliphatic heterocycles. The zero-order valence-corrected chi connectivity index (χ0v) is 11.2. The predicted octanol–water partition coefficient (Wildman–Crippen LogP) is 1.77. The van der Waals surface area contributed by atoms with Crippen LogP contribution in [-0.2, 0) is 11.3 Å². The molecule has 6 heteroatoms. The predicted molar refractivity (Wildman–Crippen MR) is 67.5 cm³/mol. The maximum absolute atomic E-state index is 11.4. The van der Waals surface area contributed by atoms with E-state index in [2.05, 4.69) is 26.6 Å². The Hall–Kier alpha value is -0.100. The highest BCUT2D eigenvalue weighted by atomic mass is 79.9. The number of amides is 1. The second-order valence-electron chi connectivity index (χ2n) is 3.30. The maximum Gasteiger partial charge on any atom is 0.225 e. The molecule has 1 amide bonds. The number of nitrogens with one attached hydrogen (secondary N) is 2. The monoisotopic (exact) mass is 310 g/mol. The summed E-state index contributed by atoms with van der Waals surface area (Å²) < 4.78 is 1.08. The second kappa shape index (κ2) is 5.84. The number of carbonyl (C=O) groups excluding carboxylic acids is 1. The quantitative estimate of drug-likeness (QED) is 0.893. The van der Waals surface area contributed by atoms with Gasteiger partial charge in [-0.1, -0.05) is 0 Å². The van der Waals surface area contributed by atoms with E-state index in [4.69, 9.17) is 0 Å². The lowest BCUT2D eigenvalue weighted by molar-refractivity contribution is -0.126. The Morgan fingerprint density at radius 1 is 1.67 bits per heavy atom. The van der Waals surface area contributed by atoms with Gasteiger partial charge in [-0.25, -0.2) is 0 Å². The van der Waals surface area contributed by atoms with Crippen LogP contribution in [0.4, 0.5) is 0 Å². The molecule has 84 valence electrons. The summed E-state index contributed by atoms with van der Waals surface area (Å²) >= 11 is 5.03. The van der Waals surface area contributed by atoms with Gasteiger partial charge in [0.25, 0.3) is 0 Å². The molecule has 0 unspecified atom stereocenters. The molecular formula is C9H12BrClN2OS. The van der Waals surface area contributed by atoms with Crippen LogP contribution in [0.1, 0.15) is 4.88 Å². The van der Waals surface area contributed by atoms with E-state index in [1.165, 1.54) is 4.88 Å². The Balaban J connectivity index is 0.00000112. The van der Waals surface area contributed by atoms with Crippen molar-refractivity contribution in [3.05, 3.63) is 20.8 Å². The smallest absolute Gasteiger partial charge is 0.225 e. The fourth-order valence-corrected chi connectivity index (χ4v) is 2.63. The molecule has 0 spiro atoms. The summed E-state index contributed by atoms with van der Waals surface area (Å²) in [7, 11) is 0. The SMILES string of the molecule is Cl.O=C(NCc1cc(Br)cs1)C1CNC1. The highest BCUT2D eigenvalue weighted by Crippen LogP contribution is 2.19. The zero-order valence-electron chi connectivity index (χ0n) is 7.96. The van der Waals surface area contributed by atoms with E-state index >= 15 is 0 Å². The minimum absolute atomic E-state index is 0. The number of hydrogen-bond donors (Lipinski definition) is 2. The summed E-state index contributed by atoms with van der Waals surface area (Å²) in [6.07, 6.45) is 0. The van der Waals surface area contributed by atoms with Crippen LogP contribution in [0.15, 0.2) is 15.9 Å². The summed E-state index contributed by atoms with van der Waals surface area (Å²) in [5.74, 6) is 0.340. The number of carbonyl (C=O) groups is 1. The molecule has 3 nitrogen and oxygen atoms in total. The van der Waals surface area contributed by atoms with E-state index in [0.29, 0.717) is 6.54 Å². The fourth-order valence-electron chi connectivity index (χ4n) is 1.24. The number of hydrogen-bond acceptors (Lipinski definition) is 3. The van der Waals surface area contributed by atoms with E-state index < -0.39 is 0 Å². The first-order chi connectivity index (χ1) is 6.75. The molecule has 1 fully saturated rings. The van der Waals surface area contributed by atoms with Crippen LogP contribution in [0.2, 0.25) is 0 Å². The first-order valence-electron chi connectivity index (χ1n) is 4.47. The molecule has 0 saturated carbocycles. The van der Waals surface area contributed by atoms with Crippen molar-refractivity contribution in [1.29, 1.82) is 0 Å². The Morgan fingerprint density at radius 3 is 2.87 bits per heavy atom. The lowest BCUT2D eigenvalue weighted by Crippen LogP contribution is -2.50. The van der Waals surface area contributed by atoms with E-state index in [1.54, 1.807) is 11.3 Å². The number of thiophene rings is 1. The van der Waals surface area contributed by atoms with Crippen molar-refractivity contribution in [3.8, 4) is 0 Å². The average Bonchev–Trinajstić information content (AvgIpc) is 2.45. The summed E-state index contributed by atoms with van der Waals surface area (Å²) in [6, 6.07) is 2.03. The third-order valence-electron chi connectivity index (χ3n) is 2.21. The van der Waals surface area contributed by atoms with Crippen LogP contribution >= 0.6 is 39.7 Å². The van der Waals surface area contributed by atoms with Gasteiger partial charge >= 0.3 is 0 Å². The average molecular weight is 312 g/mol. The van der Waals surface area contributed by atoms with Crippen LogP contribution in [-0.4, -0.2) is 19.0 Å². The second-order valence-corrected chi connectivity index (χ2v) is 5.22. The molecular weight excluding hydrogens is 300 g/mol. The van der Waals surface area contributed by atoms with Gasteiger partial charge in [0.1, 0.15) is 0 Å². The summed E-state index contributed by atoms with van der Waals surface area (Å²) in [5.41, 5.74) is 0. The van der Waals surface area contributed by atoms with Crippen LogP contribution < -0.4 is 10.6 Å². The van der Waals surface area contributed by atoms with Gasteiger partial charge in [0.2, 0.25) is 5.91 Å². The van der Waals surface area contributed by atoms with Crippen molar-refractivity contribution in [2.45, 2.75) is 6.54 Å². The molecule has 1 aromatic heterocycles. The van der Waals surface area contributed by atoms with E-state index in [0.717, 1.165) is 17.6 Å². The van der Waals surface area contributed by atoms with Gasteiger partial charge in [0, 0.05) is 27.8 Å². The Kier molecular flexibility index (Phi) is 5.05. The molecule has 1 aromatic rings. The van der Waals surface area contributed by atoms with Gasteiger partial charge in [-0.05, 0) is 22.0 Å². The van der Waals surface area contributed by atoms with Crippen molar-refractivity contribution in [1.82, 2.24) is 10.6 Å². The normalized spacial score (nSPS) is 15.3. The van der Waals surface area contributed by atoms with Crippen LogP contribution in [0, 0.1) is 5.92 Å². The fraction of sp³-hybridized carbons (Fsp3) is 0.444. The minimum atomic E-state index is 0. The summed E-state index contributed by atoms with van der Waals surface area (Å²) in [4.78, 5) is 12.6. The summed E-state index contributed by atoms with van der Waals surface area (Å²) in [6.45, 7) is 2.28. The van der Waals surface area contributed by atoms with Crippen molar-refractivity contribution in [2.75, 3.05) is 13.1 Å². The van der Waals surface area contributed by atoms with Crippen LogP contribution in [0.3, 0.4) is 0 Å². The molecule has 2 rings (SSSR count). The minimum Gasteiger partial charge on any atom is -0.351 e. The van der Waals surface area contributed by atoms with Gasteiger partial charge in [-0.2, -0.15) is 0 Å². The largest absolute Gasteiger partial charge is 0.351 e. The van der Waals surface area contributed by atoms with E-state index in [9.17, 15) is 4.79 Å². The van der Waals surface area contributed by atoms with Gasteiger partial charge in [0.05, 0.1) is 12.5 Å². The number of halogens is 2. The molecule has 1 aliphatic rings. The standard InChI is InChI=1S/C9H11BrN2OS.ClH/c10-7-1-8(14-5-7)4-12-9(13)6-2-11-3-6;/h1,5-6,11H,2-4H2,(H,12,13);1H. The van der Waals surface area contributed by atoms with Crippen molar-refractivity contribution < 1.29 is 4.79 Å². The maximum atomic E-state index is 11.4. The Bertz CT molecular complexity index is 341. The molecule has 0 radical (unpaired) electrons. The van der Waals surface area contributed by atoms with Gasteiger partial charge in [-0.15, -0.1) is 23.7 Å². The molecule has 1 saturated heterocycles. The molecule has 0 aromatic carbocycles. The molecule has 2 N–H and O–H groups in total. The first-order valence-corrected chi connectivity index (χ1v) is 6.14. The van der Waals surface area contributed by atoms with Gasteiger partial charge in [0.15, 0.2) is 0 Å². The lowest BCUT2D eigenvalue weighted by atomic mass is 10.0. The molecule has 0 bridgehead atoms. The molecule has 0 aliphatic carbocycles. The highest BCUT2D eigenvalue weighted by Gasteiger charge is 2.24. The van der Waals surface area contributed by atoms with Crippen molar-refractivity contribution in [3.63, 3.8) is 0 Å². The molecule has 2 heterocycles. The first kappa shape index (κ1) is 13.0. The third kappa shape index (κ3) is 3.45. The summed E-state index contributed by atoms with van der Waals surface area (Å²) in [5, 5.41) is 8.02. The van der Waals surface area contributed by atoms with E-state index in [-0.39, 0.29) is 24.2 Å². The van der Waals surface area contributed by atoms with Crippen molar-refractivity contribution >= 4 is 45.6 Å².